The highest BCUT2D eigenvalue weighted by molar-refractivity contribution is 6.31. The number of hydrogen-bond acceptors (Lipinski definition) is 3. The van der Waals surface area contributed by atoms with Crippen molar-refractivity contribution < 1.29 is 14.3 Å². The van der Waals surface area contributed by atoms with E-state index < -0.39 is 11.7 Å². The lowest BCUT2D eigenvalue weighted by Gasteiger charge is -2.25. The van der Waals surface area contributed by atoms with Crippen molar-refractivity contribution in [1.82, 2.24) is 4.90 Å². The first-order valence-electron chi connectivity index (χ1n) is 8.71. The molecule has 0 saturated heterocycles. The van der Waals surface area contributed by atoms with Crippen LogP contribution >= 0.6 is 11.6 Å². The summed E-state index contributed by atoms with van der Waals surface area (Å²) in [6.45, 7) is 5.78. The third kappa shape index (κ3) is 6.61. The standard InChI is InChI=1S/C21H25ClN2O3/c1-21(2,3)27-20(26)24(4)14-16-10-6-8-12-18(16)23-19(25)13-15-9-5-7-11-17(15)22/h5-12H,13-14H2,1-4H3,(H,23,25). The Morgan fingerprint density at radius 2 is 1.63 bits per heavy atom. The fraction of sp³-hybridized carbons (Fsp3) is 0.333. The second-order valence-corrected chi connectivity index (χ2v) is 7.72. The van der Waals surface area contributed by atoms with Crippen molar-refractivity contribution in [2.24, 2.45) is 0 Å². The van der Waals surface area contributed by atoms with Crippen LogP contribution < -0.4 is 5.32 Å². The second-order valence-electron chi connectivity index (χ2n) is 7.31. The maximum atomic E-state index is 12.4. The molecule has 0 bridgehead atoms. The van der Waals surface area contributed by atoms with E-state index in [1.54, 1.807) is 13.1 Å². The number of carbonyl (C=O) groups excluding carboxylic acids is 2. The molecule has 0 heterocycles. The van der Waals surface area contributed by atoms with Crippen molar-refractivity contribution in [2.75, 3.05) is 12.4 Å². The quantitative estimate of drug-likeness (QED) is 0.793. The summed E-state index contributed by atoms with van der Waals surface area (Å²) < 4.78 is 5.37. The molecule has 27 heavy (non-hydrogen) atoms. The van der Waals surface area contributed by atoms with E-state index in [0.717, 1.165) is 11.1 Å². The van der Waals surface area contributed by atoms with Crippen LogP contribution in [0.15, 0.2) is 48.5 Å². The van der Waals surface area contributed by atoms with Crippen LogP contribution in [0.25, 0.3) is 0 Å². The van der Waals surface area contributed by atoms with Gasteiger partial charge < -0.3 is 15.0 Å². The Labute approximate surface area is 165 Å². The molecule has 0 aliphatic rings. The molecule has 0 radical (unpaired) electrons. The van der Waals surface area contributed by atoms with Crippen LogP contribution in [0.4, 0.5) is 10.5 Å². The summed E-state index contributed by atoms with van der Waals surface area (Å²) in [5.41, 5.74) is 1.68. The number of anilines is 1. The molecule has 6 heteroatoms. The van der Waals surface area contributed by atoms with Gasteiger partial charge in [-0.2, -0.15) is 0 Å². The van der Waals surface area contributed by atoms with Gasteiger partial charge in [-0.05, 0) is 44.0 Å². The lowest BCUT2D eigenvalue weighted by atomic mass is 10.1. The summed E-state index contributed by atoms with van der Waals surface area (Å²) in [4.78, 5) is 26.1. The molecule has 0 unspecified atom stereocenters. The van der Waals surface area contributed by atoms with Gasteiger partial charge in [0.1, 0.15) is 5.60 Å². The highest BCUT2D eigenvalue weighted by atomic mass is 35.5. The minimum atomic E-state index is -0.561. The Bertz CT molecular complexity index is 815. The van der Waals surface area contributed by atoms with E-state index in [-0.39, 0.29) is 12.3 Å². The van der Waals surface area contributed by atoms with Crippen LogP contribution in [-0.4, -0.2) is 29.5 Å². The lowest BCUT2D eigenvalue weighted by Crippen LogP contribution is -2.34. The highest BCUT2D eigenvalue weighted by Gasteiger charge is 2.20. The highest BCUT2D eigenvalue weighted by Crippen LogP contribution is 2.20. The molecule has 0 saturated carbocycles. The molecular weight excluding hydrogens is 364 g/mol. The van der Waals surface area contributed by atoms with Gasteiger partial charge in [-0.3, -0.25) is 4.79 Å². The van der Waals surface area contributed by atoms with Crippen LogP contribution in [0, 0.1) is 0 Å². The normalized spacial score (nSPS) is 11.0. The fourth-order valence-corrected chi connectivity index (χ4v) is 2.65. The zero-order valence-electron chi connectivity index (χ0n) is 16.1. The molecule has 0 spiro atoms. The molecule has 0 aromatic heterocycles. The monoisotopic (exact) mass is 388 g/mol. The van der Waals surface area contributed by atoms with Crippen LogP contribution in [-0.2, 0) is 22.5 Å². The number of benzene rings is 2. The van der Waals surface area contributed by atoms with Crippen molar-refractivity contribution in [3.05, 3.63) is 64.7 Å². The first-order valence-corrected chi connectivity index (χ1v) is 9.09. The smallest absolute Gasteiger partial charge is 0.410 e. The summed E-state index contributed by atoms with van der Waals surface area (Å²) in [6.07, 6.45) is -0.240. The van der Waals surface area contributed by atoms with E-state index in [4.69, 9.17) is 16.3 Å². The van der Waals surface area contributed by atoms with Gasteiger partial charge >= 0.3 is 6.09 Å². The van der Waals surface area contributed by atoms with E-state index in [0.29, 0.717) is 17.3 Å². The Morgan fingerprint density at radius 1 is 1.04 bits per heavy atom. The lowest BCUT2D eigenvalue weighted by molar-refractivity contribution is -0.115. The maximum absolute atomic E-state index is 12.4. The van der Waals surface area contributed by atoms with E-state index in [9.17, 15) is 9.59 Å². The van der Waals surface area contributed by atoms with E-state index in [1.165, 1.54) is 4.90 Å². The van der Waals surface area contributed by atoms with Crippen molar-refractivity contribution in [2.45, 2.75) is 39.3 Å². The Hall–Kier alpha value is -2.53. The van der Waals surface area contributed by atoms with Gasteiger partial charge in [-0.25, -0.2) is 4.79 Å². The van der Waals surface area contributed by atoms with Crippen molar-refractivity contribution in [1.29, 1.82) is 0 Å². The largest absolute Gasteiger partial charge is 0.444 e. The van der Waals surface area contributed by atoms with Gasteiger partial charge in [-0.1, -0.05) is 48.0 Å². The summed E-state index contributed by atoms with van der Waals surface area (Å²) in [7, 11) is 1.66. The fourth-order valence-electron chi connectivity index (χ4n) is 2.45. The average molecular weight is 389 g/mol. The zero-order chi connectivity index (χ0) is 20.0. The van der Waals surface area contributed by atoms with Crippen LogP contribution in [0.1, 0.15) is 31.9 Å². The number of nitrogens with zero attached hydrogens (tertiary/aromatic N) is 1. The van der Waals surface area contributed by atoms with Crippen LogP contribution in [0.5, 0.6) is 0 Å². The molecule has 2 aromatic rings. The Balaban J connectivity index is 2.06. The van der Waals surface area contributed by atoms with Gasteiger partial charge in [0, 0.05) is 17.8 Å². The predicted molar refractivity (Wildman–Crippen MR) is 108 cm³/mol. The molecular formula is C21H25ClN2O3. The molecule has 144 valence electrons. The molecule has 1 N–H and O–H groups in total. The molecule has 2 rings (SSSR count). The number of hydrogen-bond donors (Lipinski definition) is 1. The van der Waals surface area contributed by atoms with Crippen molar-refractivity contribution in [3.8, 4) is 0 Å². The van der Waals surface area contributed by atoms with E-state index in [1.807, 2.05) is 63.2 Å². The number of rotatable bonds is 5. The number of para-hydroxylation sites is 1. The number of halogens is 1. The van der Waals surface area contributed by atoms with Gasteiger partial charge in [0.2, 0.25) is 5.91 Å². The molecule has 0 atom stereocenters. The van der Waals surface area contributed by atoms with Gasteiger partial charge in [-0.15, -0.1) is 0 Å². The first kappa shape index (κ1) is 20.8. The van der Waals surface area contributed by atoms with Crippen molar-refractivity contribution in [3.63, 3.8) is 0 Å². The molecule has 0 fully saturated rings. The Morgan fingerprint density at radius 3 is 2.26 bits per heavy atom. The number of ether oxygens (including phenoxy) is 1. The van der Waals surface area contributed by atoms with E-state index in [2.05, 4.69) is 5.32 Å². The number of carbonyl (C=O) groups is 2. The average Bonchev–Trinajstić information content (AvgIpc) is 2.57. The summed E-state index contributed by atoms with van der Waals surface area (Å²) >= 11 is 6.12. The molecule has 2 amide bonds. The topological polar surface area (TPSA) is 58.6 Å². The first-order chi connectivity index (χ1) is 12.7. The minimum Gasteiger partial charge on any atom is -0.444 e. The summed E-state index contributed by atoms with van der Waals surface area (Å²) in [5.74, 6) is -0.171. The zero-order valence-corrected chi connectivity index (χ0v) is 16.8. The number of amides is 2. The maximum Gasteiger partial charge on any atom is 0.410 e. The van der Waals surface area contributed by atoms with Crippen molar-refractivity contribution >= 4 is 29.3 Å². The minimum absolute atomic E-state index is 0.171. The third-order valence-electron chi connectivity index (χ3n) is 3.71. The van der Waals surface area contributed by atoms with Crippen LogP contribution in [0.3, 0.4) is 0 Å². The van der Waals surface area contributed by atoms with Crippen LogP contribution in [0.2, 0.25) is 5.02 Å². The Kier molecular flexibility index (Phi) is 6.86. The molecule has 0 aliphatic heterocycles. The second kappa shape index (κ2) is 8.91. The van der Waals surface area contributed by atoms with E-state index >= 15 is 0 Å². The molecule has 5 nitrogen and oxygen atoms in total. The SMILES string of the molecule is CN(Cc1ccccc1NC(=O)Cc1ccccc1Cl)C(=O)OC(C)(C)C. The van der Waals surface area contributed by atoms with Gasteiger partial charge in [0.05, 0.1) is 13.0 Å². The van der Waals surface area contributed by atoms with Gasteiger partial charge in [0.25, 0.3) is 0 Å². The molecule has 0 aliphatic carbocycles. The summed E-state index contributed by atoms with van der Waals surface area (Å²) in [6, 6.07) is 14.6. The third-order valence-corrected chi connectivity index (χ3v) is 4.08. The number of nitrogens with one attached hydrogen (secondary N) is 1. The molecule has 2 aromatic carbocycles. The summed E-state index contributed by atoms with van der Waals surface area (Å²) in [5, 5.41) is 3.46. The predicted octanol–water partition coefficient (Wildman–Crippen LogP) is 4.89. The van der Waals surface area contributed by atoms with Gasteiger partial charge in [0.15, 0.2) is 0 Å².